The number of esters is 1. The summed E-state index contributed by atoms with van der Waals surface area (Å²) in [5, 5.41) is 8.55. The molecule has 0 aliphatic carbocycles. The summed E-state index contributed by atoms with van der Waals surface area (Å²) in [6, 6.07) is 16.0. The topological polar surface area (TPSA) is 57.0 Å². The lowest BCUT2D eigenvalue weighted by Crippen LogP contribution is -1.99. The van der Waals surface area contributed by atoms with Crippen molar-refractivity contribution in [1.82, 2.24) is 15.0 Å². The summed E-state index contributed by atoms with van der Waals surface area (Å²) in [4.78, 5) is 11.4. The van der Waals surface area contributed by atoms with Crippen molar-refractivity contribution in [2.45, 2.75) is 13.5 Å². The molecular formula is C20H19N3O2. The normalized spacial score (nSPS) is 11.0. The lowest BCUT2D eigenvalue weighted by Gasteiger charge is -2.06. The SMILES string of the molecule is COC(=O)/C=C/c1cccc(C)c1-c1cn(Cc2ccccc2)nn1. The minimum Gasteiger partial charge on any atom is -0.466 e. The van der Waals surface area contributed by atoms with Gasteiger partial charge in [0.25, 0.3) is 0 Å². The highest BCUT2D eigenvalue weighted by Crippen LogP contribution is 2.26. The van der Waals surface area contributed by atoms with Gasteiger partial charge in [0.15, 0.2) is 0 Å². The second-order valence-electron chi connectivity index (χ2n) is 5.68. The van der Waals surface area contributed by atoms with Gasteiger partial charge in [0.2, 0.25) is 0 Å². The smallest absolute Gasteiger partial charge is 0.330 e. The van der Waals surface area contributed by atoms with E-state index in [9.17, 15) is 4.79 Å². The van der Waals surface area contributed by atoms with Crippen molar-refractivity contribution in [3.8, 4) is 11.3 Å². The maximum atomic E-state index is 11.4. The fraction of sp³-hybridized carbons (Fsp3) is 0.150. The van der Waals surface area contributed by atoms with E-state index < -0.39 is 0 Å². The Morgan fingerprint density at radius 2 is 1.96 bits per heavy atom. The average Bonchev–Trinajstić information content (AvgIpc) is 3.08. The van der Waals surface area contributed by atoms with Crippen LogP contribution in [-0.2, 0) is 16.1 Å². The third-order valence-electron chi connectivity index (χ3n) is 3.89. The van der Waals surface area contributed by atoms with Crippen molar-refractivity contribution >= 4 is 12.0 Å². The number of nitrogens with zero attached hydrogens (tertiary/aromatic N) is 3. The molecule has 5 heteroatoms. The van der Waals surface area contributed by atoms with Crippen LogP contribution in [0.3, 0.4) is 0 Å². The van der Waals surface area contributed by atoms with Crippen LogP contribution in [0.1, 0.15) is 16.7 Å². The molecule has 2 aromatic carbocycles. The molecule has 0 saturated heterocycles. The molecule has 25 heavy (non-hydrogen) atoms. The number of ether oxygens (including phenoxy) is 1. The van der Waals surface area contributed by atoms with E-state index in [0.717, 1.165) is 27.9 Å². The summed E-state index contributed by atoms with van der Waals surface area (Å²) in [7, 11) is 1.36. The van der Waals surface area contributed by atoms with E-state index in [2.05, 4.69) is 27.2 Å². The zero-order valence-corrected chi connectivity index (χ0v) is 14.2. The Morgan fingerprint density at radius 1 is 1.16 bits per heavy atom. The number of carbonyl (C=O) groups is 1. The summed E-state index contributed by atoms with van der Waals surface area (Å²) in [5.74, 6) is -0.389. The maximum absolute atomic E-state index is 11.4. The zero-order chi connectivity index (χ0) is 17.6. The van der Waals surface area contributed by atoms with Gasteiger partial charge in [-0.25, -0.2) is 9.48 Å². The fourth-order valence-corrected chi connectivity index (χ4v) is 2.67. The van der Waals surface area contributed by atoms with Crippen molar-refractivity contribution in [3.05, 3.63) is 77.5 Å². The molecule has 0 saturated carbocycles. The van der Waals surface area contributed by atoms with Gasteiger partial charge in [-0.05, 0) is 29.7 Å². The Hall–Kier alpha value is -3.21. The van der Waals surface area contributed by atoms with Gasteiger partial charge < -0.3 is 4.74 Å². The minimum atomic E-state index is -0.389. The minimum absolute atomic E-state index is 0.389. The molecule has 0 unspecified atom stereocenters. The molecule has 1 heterocycles. The van der Waals surface area contributed by atoms with Crippen LogP contribution in [0.4, 0.5) is 0 Å². The molecule has 0 spiro atoms. The highest BCUT2D eigenvalue weighted by Gasteiger charge is 2.11. The van der Waals surface area contributed by atoms with Crippen molar-refractivity contribution < 1.29 is 9.53 Å². The first-order chi connectivity index (χ1) is 12.2. The second kappa shape index (κ2) is 7.57. The van der Waals surface area contributed by atoms with Crippen LogP contribution in [0, 0.1) is 6.92 Å². The van der Waals surface area contributed by atoms with E-state index in [1.54, 1.807) is 6.08 Å². The molecule has 0 radical (unpaired) electrons. The summed E-state index contributed by atoms with van der Waals surface area (Å²) < 4.78 is 6.47. The molecule has 0 aliphatic heterocycles. The van der Waals surface area contributed by atoms with E-state index in [1.807, 2.05) is 54.2 Å². The standard InChI is InChI=1S/C20H19N3O2/c1-15-7-6-10-17(11-12-19(24)25-2)20(15)18-14-23(22-21-18)13-16-8-4-3-5-9-16/h3-12,14H,13H2,1-2H3/b12-11+. The molecule has 0 fully saturated rings. The fourth-order valence-electron chi connectivity index (χ4n) is 2.67. The molecular weight excluding hydrogens is 314 g/mol. The number of aryl methyl sites for hydroxylation is 1. The molecule has 3 aromatic rings. The van der Waals surface area contributed by atoms with Crippen LogP contribution >= 0.6 is 0 Å². The monoisotopic (exact) mass is 333 g/mol. The largest absolute Gasteiger partial charge is 0.466 e. The van der Waals surface area contributed by atoms with Gasteiger partial charge in [-0.3, -0.25) is 0 Å². The lowest BCUT2D eigenvalue weighted by molar-refractivity contribution is -0.134. The summed E-state index contributed by atoms with van der Waals surface area (Å²) >= 11 is 0. The Balaban J connectivity index is 1.92. The van der Waals surface area contributed by atoms with Gasteiger partial charge in [0.05, 0.1) is 19.9 Å². The van der Waals surface area contributed by atoms with Gasteiger partial charge in [0, 0.05) is 11.6 Å². The molecule has 0 bridgehead atoms. The number of carbonyl (C=O) groups excluding carboxylic acids is 1. The van der Waals surface area contributed by atoms with Gasteiger partial charge >= 0.3 is 5.97 Å². The van der Waals surface area contributed by atoms with E-state index >= 15 is 0 Å². The molecule has 0 atom stereocenters. The molecule has 0 amide bonds. The van der Waals surface area contributed by atoms with Crippen LogP contribution < -0.4 is 0 Å². The highest BCUT2D eigenvalue weighted by molar-refractivity contribution is 5.89. The van der Waals surface area contributed by atoms with Crippen molar-refractivity contribution in [1.29, 1.82) is 0 Å². The second-order valence-corrected chi connectivity index (χ2v) is 5.68. The number of benzene rings is 2. The zero-order valence-electron chi connectivity index (χ0n) is 14.2. The van der Waals surface area contributed by atoms with E-state index in [-0.39, 0.29) is 5.97 Å². The lowest BCUT2D eigenvalue weighted by atomic mass is 9.99. The summed E-state index contributed by atoms with van der Waals surface area (Å²) in [6.45, 7) is 2.67. The molecule has 3 rings (SSSR count). The Bertz CT molecular complexity index is 898. The summed E-state index contributed by atoms with van der Waals surface area (Å²) in [6.07, 6.45) is 5.07. The van der Waals surface area contributed by atoms with Crippen molar-refractivity contribution in [3.63, 3.8) is 0 Å². The molecule has 126 valence electrons. The first kappa shape index (κ1) is 16.6. The molecule has 0 aliphatic rings. The Labute approximate surface area is 146 Å². The predicted octanol–water partition coefficient (Wildman–Crippen LogP) is 3.49. The van der Waals surface area contributed by atoms with Gasteiger partial charge in [0.1, 0.15) is 5.69 Å². The Morgan fingerprint density at radius 3 is 2.72 bits per heavy atom. The van der Waals surface area contributed by atoms with E-state index in [0.29, 0.717) is 6.54 Å². The van der Waals surface area contributed by atoms with Crippen LogP contribution in [-0.4, -0.2) is 28.1 Å². The average molecular weight is 333 g/mol. The molecule has 1 aromatic heterocycles. The van der Waals surface area contributed by atoms with Crippen LogP contribution in [0.5, 0.6) is 0 Å². The van der Waals surface area contributed by atoms with Crippen LogP contribution in [0.15, 0.2) is 60.8 Å². The molecule has 0 N–H and O–H groups in total. The number of aromatic nitrogens is 3. The van der Waals surface area contributed by atoms with E-state index in [1.165, 1.54) is 13.2 Å². The predicted molar refractivity (Wildman–Crippen MR) is 96.8 cm³/mol. The first-order valence-electron chi connectivity index (χ1n) is 7.97. The summed E-state index contributed by atoms with van der Waals surface area (Å²) in [5.41, 5.74) is 4.87. The highest BCUT2D eigenvalue weighted by atomic mass is 16.5. The third kappa shape index (κ3) is 4.01. The maximum Gasteiger partial charge on any atom is 0.330 e. The van der Waals surface area contributed by atoms with Crippen molar-refractivity contribution in [2.75, 3.05) is 7.11 Å². The van der Waals surface area contributed by atoms with Gasteiger partial charge in [-0.2, -0.15) is 0 Å². The van der Waals surface area contributed by atoms with Crippen LogP contribution in [0.25, 0.3) is 17.3 Å². The van der Waals surface area contributed by atoms with Gasteiger partial charge in [-0.15, -0.1) is 5.10 Å². The number of rotatable bonds is 5. The van der Waals surface area contributed by atoms with Crippen molar-refractivity contribution in [2.24, 2.45) is 0 Å². The third-order valence-corrected chi connectivity index (χ3v) is 3.89. The number of hydrogen-bond acceptors (Lipinski definition) is 4. The Kier molecular flexibility index (Phi) is 5.04. The molecule has 5 nitrogen and oxygen atoms in total. The number of hydrogen-bond donors (Lipinski definition) is 0. The van der Waals surface area contributed by atoms with Gasteiger partial charge in [-0.1, -0.05) is 53.7 Å². The quantitative estimate of drug-likeness (QED) is 0.530. The van der Waals surface area contributed by atoms with E-state index in [4.69, 9.17) is 0 Å². The van der Waals surface area contributed by atoms with Crippen LogP contribution in [0.2, 0.25) is 0 Å². The number of methoxy groups -OCH3 is 1. The first-order valence-corrected chi connectivity index (χ1v) is 7.97.